The normalized spacial score (nSPS) is 12.0. The van der Waals surface area contributed by atoms with E-state index in [1.807, 2.05) is 20.8 Å². The number of nitrogens with zero attached hydrogens (tertiary/aromatic N) is 1. The lowest BCUT2D eigenvalue weighted by molar-refractivity contribution is 0.262. The second-order valence-corrected chi connectivity index (χ2v) is 7.33. The molecule has 8 nitrogen and oxygen atoms in total. The van der Waals surface area contributed by atoms with E-state index in [2.05, 4.69) is 15.8 Å². The fourth-order valence-electron chi connectivity index (χ4n) is 1.68. The van der Waals surface area contributed by atoms with E-state index in [1.165, 1.54) is 24.3 Å². The van der Waals surface area contributed by atoms with Crippen LogP contribution in [0.5, 0.6) is 0 Å². The SMILES string of the molecule is CC(C)(C)c1cc(NC(=O)Nc2ccc(S(=O)(=O)O)cc2)no1. The van der Waals surface area contributed by atoms with Gasteiger partial charge in [-0.3, -0.25) is 9.87 Å². The number of hydrogen-bond donors (Lipinski definition) is 3. The molecule has 1 aromatic heterocycles. The molecular formula is C14H17N3O5S. The van der Waals surface area contributed by atoms with Crippen LogP contribution in [0, 0.1) is 0 Å². The fraction of sp³-hybridized carbons (Fsp3) is 0.286. The largest absolute Gasteiger partial charge is 0.359 e. The molecule has 1 heterocycles. The lowest BCUT2D eigenvalue weighted by atomic mass is 9.93. The topological polar surface area (TPSA) is 122 Å². The van der Waals surface area contributed by atoms with Crippen LogP contribution in [0.2, 0.25) is 0 Å². The lowest BCUT2D eigenvalue weighted by Crippen LogP contribution is -2.19. The van der Waals surface area contributed by atoms with E-state index in [0.717, 1.165) is 0 Å². The van der Waals surface area contributed by atoms with Gasteiger partial charge in [0.25, 0.3) is 10.1 Å². The lowest BCUT2D eigenvalue weighted by Gasteiger charge is -2.12. The third-order valence-corrected chi connectivity index (χ3v) is 3.77. The van der Waals surface area contributed by atoms with Crippen molar-refractivity contribution in [2.75, 3.05) is 10.6 Å². The highest BCUT2D eigenvalue weighted by atomic mass is 32.2. The number of nitrogens with one attached hydrogen (secondary N) is 2. The summed E-state index contributed by atoms with van der Waals surface area (Å²) < 4.78 is 35.9. The van der Waals surface area contributed by atoms with Crippen LogP contribution in [0.25, 0.3) is 0 Å². The Morgan fingerprint density at radius 1 is 1.17 bits per heavy atom. The predicted molar refractivity (Wildman–Crippen MR) is 84.1 cm³/mol. The van der Waals surface area contributed by atoms with Crippen LogP contribution in [0.3, 0.4) is 0 Å². The monoisotopic (exact) mass is 339 g/mol. The van der Waals surface area contributed by atoms with Gasteiger partial charge in [-0.1, -0.05) is 25.9 Å². The molecule has 0 saturated heterocycles. The number of anilines is 2. The van der Waals surface area contributed by atoms with E-state index in [4.69, 9.17) is 9.08 Å². The molecule has 2 amide bonds. The van der Waals surface area contributed by atoms with Crippen molar-refractivity contribution in [1.29, 1.82) is 0 Å². The summed E-state index contributed by atoms with van der Waals surface area (Å²) in [6.07, 6.45) is 0. The van der Waals surface area contributed by atoms with Crippen LogP contribution in [0.15, 0.2) is 39.8 Å². The molecular weight excluding hydrogens is 322 g/mol. The molecule has 0 fully saturated rings. The molecule has 0 saturated carbocycles. The van der Waals surface area contributed by atoms with Gasteiger partial charge in [0.05, 0.1) is 4.90 Å². The third-order valence-electron chi connectivity index (χ3n) is 2.90. The molecule has 0 unspecified atom stereocenters. The van der Waals surface area contributed by atoms with Gasteiger partial charge in [-0.2, -0.15) is 8.42 Å². The third kappa shape index (κ3) is 4.54. The minimum atomic E-state index is -4.26. The number of urea groups is 1. The molecule has 23 heavy (non-hydrogen) atoms. The summed E-state index contributed by atoms with van der Waals surface area (Å²) in [5.74, 6) is 0.896. The first-order valence-corrected chi connectivity index (χ1v) is 8.12. The van der Waals surface area contributed by atoms with Crippen molar-refractivity contribution >= 4 is 27.7 Å². The molecule has 2 rings (SSSR count). The number of amides is 2. The summed E-state index contributed by atoms with van der Waals surface area (Å²) in [6.45, 7) is 5.86. The average molecular weight is 339 g/mol. The number of rotatable bonds is 3. The number of carbonyl (C=O) groups is 1. The highest BCUT2D eigenvalue weighted by Gasteiger charge is 2.20. The first-order valence-electron chi connectivity index (χ1n) is 6.68. The highest BCUT2D eigenvalue weighted by Crippen LogP contribution is 2.24. The highest BCUT2D eigenvalue weighted by molar-refractivity contribution is 7.85. The number of hydrogen-bond acceptors (Lipinski definition) is 5. The summed E-state index contributed by atoms with van der Waals surface area (Å²) in [5, 5.41) is 8.77. The van der Waals surface area contributed by atoms with Gasteiger partial charge >= 0.3 is 6.03 Å². The second kappa shape index (κ2) is 6.01. The minimum absolute atomic E-state index is 0.227. The van der Waals surface area contributed by atoms with Gasteiger partial charge in [-0.15, -0.1) is 0 Å². The molecule has 3 N–H and O–H groups in total. The van der Waals surface area contributed by atoms with E-state index in [0.29, 0.717) is 11.4 Å². The van der Waals surface area contributed by atoms with Crippen LogP contribution in [-0.2, 0) is 15.5 Å². The Kier molecular flexibility index (Phi) is 4.44. The zero-order valence-corrected chi connectivity index (χ0v) is 13.6. The molecule has 0 radical (unpaired) electrons. The van der Waals surface area contributed by atoms with Crippen molar-refractivity contribution in [3.05, 3.63) is 36.1 Å². The van der Waals surface area contributed by atoms with Crippen molar-refractivity contribution in [3.63, 3.8) is 0 Å². The summed E-state index contributed by atoms with van der Waals surface area (Å²) in [5.41, 5.74) is 0.129. The number of benzene rings is 1. The van der Waals surface area contributed by atoms with Crippen molar-refractivity contribution in [3.8, 4) is 0 Å². The van der Waals surface area contributed by atoms with Gasteiger partial charge in [0.2, 0.25) is 0 Å². The smallest absolute Gasteiger partial charge is 0.324 e. The molecule has 0 bridgehead atoms. The molecule has 0 aliphatic rings. The Morgan fingerprint density at radius 2 is 1.78 bits per heavy atom. The first-order chi connectivity index (χ1) is 10.6. The van der Waals surface area contributed by atoms with Crippen molar-refractivity contribution in [1.82, 2.24) is 5.16 Å². The molecule has 2 aromatic rings. The van der Waals surface area contributed by atoms with Gasteiger partial charge in [0.1, 0.15) is 5.76 Å². The maximum Gasteiger partial charge on any atom is 0.324 e. The van der Waals surface area contributed by atoms with Gasteiger partial charge < -0.3 is 9.84 Å². The van der Waals surface area contributed by atoms with Gasteiger partial charge in [0, 0.05) is 17.2 Å². The van der Waals surface area contributed by atoms with Crippen LogP contribution < -0.4 is 10.6 Å². The Morgan fingerprint density at radius 3 is 2.26 bits per heavy atom. The van der Waals surface area contributed by atoms with Crippen LogP contribution in [0.1, 0.15) is 26.5 Å². The van der Waals surface area contributed by atoms with Crippen molar-refractivity contribution in [2.24, 2.45) is 0 Å². The maximum absolute atomic E-state index is 11.9. The zero-order valence-electron chi connectivity index (χ0n) is 12.8. The van der Waals surface area contributed by atoms with Gasteiger partial charge in [-0.05, 0) is 24.3 Å². The van der Waals surface area contributed by atoms with Gasteiger partial charge in [0.15, 0.2) is 5.82 Å². The van der Waals surface area contributed by atoms with E-state index in [-0.39, 0.29) is 16.1 Å². The average Bonchev–Trinajstić information content (AvgIpc) is 2.86. The van der Waals surface area contributed by atoms with E-state index >= 15 is 0 Å². The second-order valence-electron chi connectivity index (χ2n) is 5.90. The van der Waals surface area contributed by atoms with E-state index in [9.17, 15) is 13.2 Å². The van der Waals surface area contributed by atoms with E-state index in [1.54, 1.807) is 6.07 Å². The van der Waals surface area contributed by atoms with Crippen molar-refractivity contribution < 1.29 is 22.3 Å². The molecule has 1 aromatic carbocycles. The summed E-state index contributed by atoms with van der Waals surface area (Å²) in [7, 11) is -4.26. The fourth-order valence-corrected chi connectivity index (χ4v) is 2.16. The Labute approximate surface area is 133 Å². The molecule has 0 atom stereocenters. The number of aromatic nitrogens is 1. The van der Waals surface area contributed by atoms with Crippen molar-refractivity contribution in [2.45, 2.75) is 31.1 Å². The quantitative estimate of drug-likeness (QED) is 0.739. The summed E-state index contributed by atoms with van der Waals surface area (Å²) >= 11 is 0. The molecule has 0 aliphatic heterocycles. The Bertz CT molecular complexity index is 804. The van der Waals surface area contributed by atoms with Crippen LogP contribution >= 0.6 is 0 Å². The van der Waals surface area contributed by atoms with E-state index < -0.39 is 16.1 Å². The number of carbonyl (C=O) groups excluding carboxylic acids is 1. The minimum Gasteiger partial charge on any atom is -0.359 e. The maximum atomic E-state index is 11.9. The molecule has 0 aliphatic carbocycles. The zero-order chi connectivity index (χ0) is 17.3. The predicted octanol–water partition coefficient (Wildman–Crippen LogP) is 2.86. The van der Waals surface area contributed by atoms with Crippen LogP contribution in [-0.4, -0.2) is 24.2 Å². The molecule has 9 heteroatoms. The summed E-state index contributed by atoms with van der Waals surface area (Å²) in [4.78, 5) is 11.6. The van der Waals surface area contributed by atoms with Gasteiger partial charge in [-0.25, -0.2) is 4.79 Å². The Balaban J connectivity index is 2.01. The van der Waals surface area contributed by atoms with Crippen LogP contribution in [0.4, 0.5) is 16.3 Å². The summed E-state index contributed by atoms with van der Waals surface area (Å²) in [6, 6.07) is 6.13. The Hall–Kier alpha value is -2.39. The molecule has 124 valence electrons. The molecule has 0 spiro atoms. The standard InChI is InChI=1S/C14H17N3O5S/c1-14(2,3)11-8-12(17-22-11)16-13(18)15-9-4-6-10(7-5-9)23(19,20)21/h4-8H,1-3H3,(H,19,20,21)(H2,15,16,17,18). The first kappa shape index (κ1) is 17.0.